The minimum absolute atomic E-state index is 0.00685. The molecule has 0 aromatic rings. The van der Waals surface area contributed by atoms with E-state index < -0.39 is 11.6 Å². The van der Waals surface area contributed by atoms with Crippen LogP contribution in [0.15, 0.2) is 12.7 Å². The number of likely N-dealkylation sites (tertiary alicyclic amines) is 1. The van der Waals surface area contributed by atoms with Crippen LogP contribution in [-0.2, 0) is 18.9 Å². The maximum Gasteiger partial charge on any atom is 0.163 e. The molecular formula is C17H25NO4. The fraction of sp³-hybridized carbons (Fsp3) is 0.765. The summed E-state index contributed by atoms with van der Waals surface area (Å²) in [4.78, 5) is 2.19. The van der Waals surface area contributed by atoms with Gasteiger partial charge in [-0.15, -0.1) is 13.0 Å². The summed E-state index contributed by atoms with van der Waals surface area (Å²) in [6.07, 6.45) is 7.17. The minimum Gasteiger partial charge on any atom is -0.348 e. The molecule has 3 fully saturated rings. The van der Waals surface area contributed by atoms with Crippen molar-refractivity contribution in [3.63, 3.8) is 0 Å². The number of hydrogen-bond acceptors (Lipinski definition) is 5. The standard InChI is InChI=1S/C17H25NO4/c1-7-9-18-11(8-2)14-15(22-17(5,6)21-14)13(18)12-10-19-16(3,4)20-12/h1,8,11-15H,2,9-10H2,3-6H3/t11-,12?,13+,14-,15+/m1/s1. The average Bonchev–Trinajstić information content (AvgIpc) is 2.98. The van der Waals surface area contributed by atoms with Crippen molar-refractivity contribution in [3.8, 4) is 12.3 Å². The molecule has 0 bridgehead atoms. The van der Waals surface area contributed by atoms with Crippen LogP contribution >= 0.6 is 0 Å². The normalized spacial score (nSPS) is 43.0. The third kappa shape index (κ3) is 2.60. The molecule has 0 aliphatic carbocycles. The molecule has 3 aliphatic rings. The van der Waals surface area contributed by atoms with Crippen LogP contribution in [0.2, 0.25) is 0 Å². The van der Waals surface area contributed by atoms with E-state index >= 15 is 0 Å². The van der Waals surface area contributed by atoms with E-state index in [1.807, 2.05) is 33.8 Å². The van der Waals surface area contributed by atoms with Gasteiger partial charge in [-0.1, -0.05) is 12.0 Å². The molecule has 3 saturated heterocycles. The largest absolute Gasteiger partial charge is 0.348 e. The first kappa shape index (κ1) is 16.0. The van der Waals surface area contributed by atoms with Gasteiger partial charge in [0.2, 0.25) is 0 Å². The molecular weight excluding hydrogens is 282 g/mol. The Bertz CT molecular complexity index is 495. The van der Waals surface area contributed by atoms with E-state index in [9.17, 15) is 0 Å². The number of rotatable bonds is 3. The Morgan fingerprint density at radius 3 is 2.41 bits per heavy atom. The van der Waals surface area contributed by atoms with E-state index in [2.05, 4.69) is 17.4 Å². The summed E-state index contributed by atoms with van der Waals surface area (Å²) in [5.41, 5.74) is 0. The Labute approximate surface area is 132 Å². The molecule has 0 radical (unpaired) electrons. The highest BCUT2D eigenvalue weighted by molar-refractivity contribution is 5.16. The lowest BCUT2D eigenvalue weighted by Gasteiger charge is -2.34. The molecule has 0 saturated carbocycles. The van der Waals surface area contributed by atoms with Crippen LogP contribution in [0, 0.1) is 12.3 Å². The second kappa shape index (κ2) is 5.33. The zero-order valence-electron chi connectivity index (χ0n) is 13.7. The van der Waals surface area contributed by atoms with Crippen molar-refractivity contribution in [3.05, 3.63) is 12.7 Å². The van der Waals surface area contributed by atoms with Crippen molar-refractivity contribution in [2.24, 2.45) is 0 Å². The van der Waals surface area contributed by atoms with Gasteiger partial charge >= 0.3 is 0 Å². The molecule has 1 unspecified atom stereocenters. The van der Waals surface area contributed by atoms with Gasteiger partial charge in [0.25, 0.3) is 0 Å². The molecule has 3 rings (SSSR count). The Kier molecular flexibility index (Phi) is 3.87. The van der Waals surface area contributed by atoms with E-state index in [0.29, 0.717) is 13.2 Å². The van der Waals surface area contributed by atoms with Crippen LogP contribution in [0.1, 0.15) is 27.7 Å². The summed E-state index contributed by atoms with van der Waals surface area (Å²) >= 11 is 0. The summed E-state index contributed by atoms with van der Waals surface area (Å²) in [6.45, 7) is 12.7. The summed E-state index contributed by atoms with van der Waals surface area (Å²) in [6, 6.07) is 0.00716. The van der Waals surface area contributed by atoms with Gasteiger partial charge in [-0.3, -0.25) is 4.90 Å². The second-order valence-electron chi connectivity index (χ2n) is 7.03. The SMILES string of the molecule is C#CCN1[C@H](C=C)[C@H]2OC(C)(C)O[C@H]2[C@@H]1C1COC(C)(C)O1. The molecule has 3 heterocycles. The van der Waals surface area contributed by atoms with Gasteiger partial charge in [-0.2, -0.15) is 0 Å². The summed E-state index contributed by atoms with van der Waals surface area (Å²) in [5.74, 6) is 1.54. The quantitative estimate of drug-likeness (QED) is 0.584. The highest BCUT2D eigenvalue weighted by Gasteiger charge is 2.60. The molecule has 0 N–H and O–H groups in total. The first-order chi connectivity index (χ1) is 10.3. The number of ether oxygens (including phenoxy) is 4. The van der Waals surface area contributed by atoms with E-state index in [4.69, 9.17) is 25.4 Å². The Morgan fingerprint density at radius 2 is 1.86 bits per heavy atom. The molecule has 0 amide bonds. The molecule has 5 atom stereocenters. The van der Waals surface area contributed by atoms with E-state index in [1.165, 1.54) is 0 Å². The monoisotopic (exact) mass is 307 g/mol. The molecule has 3 aliphatic heterocycles. The number of terminal acetylenes is 1. The zero-order valence-corrected chi connectivity index (χ0v) is 13.7. The molecule has 122 valence electrons. The van der Waals surface area contributed by atoms with Crippen LogP contribution in [-0.4, -0.2) is 60.0 Å². The smallest absolute Gasteiger partial charge is 0.163 e. The lowest BCUT2D eigenvalue weighted by atomic mass is 10.0. The van der Waals surface area contributed by atoms with Crippen molar-refractivity contribution < 1.29 is 18.9 Å². The lowest BCUT2D eigenvalue weighted by Crippen LogP contribution is -2.49. The predicted octanol–water partition coefficient (Wildman–Crippen LogP) is 1.53. The summed E-state index contributed by atoms with van der Waals surface area (Å²) < 4.78 is 24.1. The fourth-order valence-corrected chi connectivity index (χ4v) is 3.82. The molecule has 22 heavy (non-hydrogen) atoms. The van der Waals surface area contributed by atoms with Gasteiger partial charge in [-0.05, 0) is 27.7 Å². The third-order valence-corrected chi connectivity index (χ3v) is 4.53. The molecule has 0 aromatic heterocycles. The van der Waals surface area contributed by atoms with Gasteiger partial charge in [0, 0.05) is 0 Å². The predicted molar refractivity (Wildman–Crippen MR) is 82.0 cm³/mol. The molecule has 0 spiro atoms. The van der Waals surface area contributed by atoms with Crippen LogP contribution in [0.25, 0.3) is 0 Å². The fourth-order valence-electron chi connectivity index (χ4n) is 3.82. The molecule has 5 heteroatoms. The minimum atomic E-state index is -0.605. The van der Waals surface area contributed by atoms with Crippen molar-refractivity contribution in [1.82, 2.24) is 4.90 Å². The first-order valence-electron chi connectivity index (χ1n) is 7.77. The van der Waals surface area contributed by atoms with E-state index in [1.54, 1.807) is 0 Å². The highest BCUT2D eigenvalue weighted by atomic mass is 16.8. The highest BCUT2D eigenvalue weighted by Crippen LogP contribution is 2.43. The maximum atomic E-state index is 6.16. The maximum absolute atomic E-state index is 6.16. The molecule has 0 aromatic carbocycles. The lowest BCUT2D eigenvalue weighted by molar-refractivity contribution is -0.179. The number of fused-ring (bicyclic) bond motifs is 1. The van der Waals surface area contributed by atoms with Crippen LogP contribution in [0.4, 0.5) is 0 Å². The van der Waals surface area contributed by atoms with Crippen molar-refractivity contribution in [2.75, 3.05) is 13.2 Å². The first-order valence-corrected chi connectivity index (χ1v) is 7.77. The second-order valence-corrected chi connectivity index (χ2v) is 7.03. The average molecular weight is 307 g/mol. The van der Waals surface area contributed by atoms with Crippen molar-refractivity contribution >= 4 is 0 Å². The summed E-state index contributed by atoms with van der Waals surface area (Å²) in [5, 5.41) is 0. The van der Waals surface area contributed by atoms with Crippen molar-refractivity contribution in [2.45, 2.75) is 69.7 Å². The van der Waals surface area contributed by atoms with Gasteiger partial charge in [0.05, 0.1) is 25.2 Å². The Hall–Kier alpha value is -0.900. The Balaban J connectivity index is 1.90. The number of nitrogens with zero attached hydrogens (tertiary/aromatic N) is 1. The number of hydrogen-bond donors (Lipinski definition) is 0. The van der Waals surface area contributed by atoms with Crippen molar-refractivity contribution in [1.29, 1.82) is 0 Å². The third-order valence-electron chi connectivity index (χ3n) is 4.53. The van der Waals surface area contributed by atoms with E-state index in [0.717, 1.165) is 0 Å². The van der Waals surface area contributed by atoms with Gasteiger partial charge in [0.1, 0.15) is 18.3 Å². The summed E-state index contributed by atoms with van der Waals surface area (Å²) in [7, 11) is 0. The van der Waals surface area contributed by atoms with Gasteiger partial charge in [-0.25, -0.2) is 0 Å². The van der Waals surface area contributed by atoms with Crippen LogP contribution in [0.3, 0.4) is 0 Å². The Morgan fingerprint density at radius 1 is 1.18 bits per heavy atom. The zero-order chi connectivity index (χ0) is 16.1. The van der Waals surface area contributed by atoms with E-state index in [-0.39, 0.29) is 30.4 Å². The van der Waals surface area contributed by atoms with Crippen LogP contribution < -0.4 is 0 Å². The van der Waals surface area contributed by atoms with Gasteiger partial charge < -0.3 is 18.9 Å². The van der Waals surface area contributed by atoms with Gasteiger partial charge in [0.15, 0.2) is 11.6 Å². The van der Waals surface area contributed by atoms with Crippen LogP contribution in [0.5, 0.6) is 0 Å². The molecule has 5 nitrogen and oxygen atoms in total. The topological polar surface area (TPSA) is 40.2 Å².